The largest absolute Gasteiger partial charge is 0.306 e. The van der Waals surface area contributed by atoms with Crippen molar-refractivity contribution in [3.63, 3.8) is 0 Å². The van der Waals surface area contributed by atoms with Crippen LogP contribution < -0.4 is 5.32 Å². The van der Waals surface area contributed by atoms with Crippen molar-refractivity contribution in [3.05, 3.63) is 29.6 Å². The van der Waals surface area contributed by atoms with Crippen LogP contribution in [0.3, 0.4) is 0 Å². The molecular weight excluding hydrogens is 234 g/mol. The average Bonchev–Trinajstić information content (AvgIpc) is 2.24. The number of rotatable bonds is 6. The smallest absolute Gasteiger partial charge is 0.0547 e. The summed E-state index contributed by atoms with van der Waals surface area (Å²) < 4.78 is 0. The molecule has 0 aromatic carbocycles. The Kier molecular flexibility index (Phi) is 5.95. The lowest BCUT2D eigenvalue weighted by Gasteiger charge is -2.21. The van der Waals surface area contributed by atoms with Crippen LogP contribution in [-0.4, -0.2) is 29.0 Å². The fraction of sp³-hybridized carbons (Fsp3) is 0.688. The maximum absolute atomic E-state index is 4.72. The third kappa shape index (κ3) is 7.28. The van der Waals surface area contributed by atoms with E-state index in [-0.39, 0.29) is 5.54 Å². The quantitative estimate of drug-likeness (QED) is 0.855. The zero-order valence-electron chi connectivity index (χ0n) is 13.3. The summed E-state index contributed by atoms with van der Waals surface area (Å²) in [5.41, 5.74) is 2.40. The molecule has 0 atom stereocenters. The predicted molar refractivity (Wildman–Crippen MR) is 82.0 cm³/mol. The molecule has 1 heterocycles. The lowest BCUT2D eigenvalue weighted by Crippen LogP contribution is -2.35. The molecule has 0 aliphatic heterocycles. The first kappa shape index (κ1) is 16.1. The summed E-state index contributed by atoms with van der Waals surface area (Å²) in [5.74, 6) is 0.690. The van der Waals surface area contributed by atoms with Gasteiger partial charge in [0.1, 0.15) is 0 Å². The molecule has 0 bridgehead atoms. The third-order valence-electron chi connectivity index (χ3n) is 2.77. The highest BCUT2D eigenvalue weighted by Crippen LogP contribution is 2.06. The molecule has 0 spiro atoms. The fourth-order valence-corrected chi connectivity index (χ4v) is 2.04. The first-order chi connectivity index (χ1) is 8.76. The van der Waals surface area contributed by atoms with E-state index >= 15 is 0 Å². The lowest BCUT2D eigenvalue weighted by molar-refractivity contribution is 0.285. The zero-order valence-corrected chi connectivity index (χ0v) is 13.3. The van der Waals surface area contributed by atoms with Gasteiger partial charge in [0, 0.05) is 25.2 Å². The van der Waals surface area contributed by atoms with E-state index in [9.17, 15) is 0 Å². The van der Waals surface area contributed by atoms with Gasteiger partial charge in [-0.3, -0.25) is 4.98 Å². The Morgan fingerprint density at radius 3 is 2.42 bits per heavy atom. The molecule has 3 nitrogen and oxygen atoms in total. The van der Waals surface area contributed by atoms with Crippen molar-refractivity contribution in [2.75, 3.05) is 13.6 Å². The average molecular weight is 263 g/mol. The van der Waals surface area contributed by atoms with Crippen molar-refractivity contribution in [3.8, 4) is 0 Å². The second kappa shape index (κ2) is 7.01. The highest BCUT2D eigenvalue weighted by atomic mass is 15.1. The van der Waals surface area contributed by atoms with Gasteiger partial charge in [-0.2, -0.15) is 0 Å². The van der Waals surface area contributed by atoms with Gasteiger partial charge < -0.3 is 10.2 Å². The number of nitrogens with one attached hydrogen (secondary N) is 1. The molecule has 0 saturated heterocycles. The molecule has 1 aromatic rings. The van der Waals surface area contributed by atoms with Crippen LogP contribution in [0.5, 0.6) is 0 Å². The lowest BCUT2D eigenvalue weighted by atomic mass is 10.1. The SMILES string of the molecule is CC(C)CN(C)Cc1cccc(CNC(C)(C)C)n1. The first-order valence-electron chi connectivity index (χ1n) is 7.14. The number of pyridine rings is 1. The Bertz CT molecular complexity index is 380. The molecular formula is C16H29N3. The van der Waals surface area contributed by atoms with Gasteiger partial charge in [-0.25, -0.2) is 0 Å². The standard InChI is InChI=1S/C16H29N3/c1-13(2)11-19(6)12-15-9-7-8-14(18-15)10-17-16(3,4)5/h7-9,13,17H,10-12H2,1-6H3. The van der Waals surface area contributed by atoms with Crippen LogP contribution in [-0.2, 0) is 13.1 Å². The molecule has 0 fully saturated rings. The van der Waals surface area contributed by atoms with E-state index in [1.165, 1.54) is 0 Å². The first-order valence-corrected chi connectivity index (χ1v) is 7.14. The fourth-order valence-electron chi connectivity index (χ4n) is 2.04. The van der Waals surface area contributed by atoms with Crippen molar-refractivity contribution in [2.45, 2.75) is 53.2 Å². The second-order valence-corrected chi connectivity index (χ2v) is 6.81. The zero-order chi connectivity index (χ0) is 14.5. The van der Waals surface area contributed by atoms with Crippen molar-refractivity contribution >= 4 is 0 Å². The van der Waals surface area contributed by atoms with Crippen molar-refractivity contribution in [1.29, 1.82) is 0 Å². The molecule has 1 aromatic heterocycles. The van der Waals surface area contributed by atoms with E-state index in [1.54, 1.807) is 0 Å². The van der Waals surface area contributed by atoms with Crippen LogP contribution in [0.4, 0.5) is 0 Å². The number of nitrogens with zero attached hydrogens (tertiary/aromatic N) is 2. The Labute approximate surface area is 118 Å². The predicted octanol–water partition coefficient (Wildman–Crippen LogP) is 3.06. The van der Waals surface area contributed by atoms with Crippen LogP contribution in [0.25, 0.3) is 0 Å². The van der Waals surface area contributed by atoms with E-state index in [0.29, 0.717) is 5.92 Å². The molecule has 3 heteroatoms. The minimum atomic E-state index is 0.131. The Hall–Kier alpha value is -0.930. The summed E-state index contributed by atoms with van der Waals surface area (Å²) in [6.45, 7) is 13.9. The topological polar surface area (TPSA) is 28.2 Å². The van der Waals surface area contributed by atoms with Crippen LogP contribution in [0, 0.1) is 5.92 Å². The summed E-state index contributed by atoms with van der Waals surface area (Å²) in [6, 6.07) is 6.30. The van der Waals surface area contributed by atoms with Crippen LogP contribution in [0.2, 0.25) is 0 Å². The van der Waals surface area contributed by atoms with Gasteiger partial charge in [-0.15, -0.1) is 0 Å². The molecule has 0 radical (unpaired) electrons. The molecule has 19 heavy (non-hydrogen) atoms. The second-order valence-electron chi connectivity index (χ2n) is 6.81. The normalized spacial score (nSPS) is 12.4. The summed E-state index contributed by atoms with van der Waals surface area (Å²) in [5, 5.41) is 3.47. The van der Waals surface area contributed by atoms with Gasteiger partial charge >= 0.3 is 0 Å². The maximum atomic E-state index is 4.72. The van der Waals surface area contributed by atoms with Gasteiger partial charge in [0.25, 0.3) is 0 Å². The van der Waals surface area contributed by atoms with Crippen molar-refractivity contribution in [2.24, 2.45) is 5.92 Å². The van der Waals surface area contributed by atoms with E-state index in [0.717, 1.165) is 31.0 Å². The Balaban J connectivity index is 2.57. The van der Waals surface area contributed by atoms with Gasteiger partial charge in [0.2, 0.25) is 0 Å². The van der Waals surface area contributed by atoms with Gasteiger partial charge in [0.15, 0.2) is 0 Å². The molecule has 108 valence electrons. The van der Waals surface area contributed by atoms with Crippen LogP contribution in [0.1, 0.15) is 46.0 Å². The maximum Gasteiger partial charge on any atom is 0.0547 e. The summed E-state index contributed by atoms with van der Waals surface area (Å²) in [7, 11) is 2.15. The van der Waals surface area contributed by atoms with E-state index in [4.69, 9.17) is 4.98 Å². The Morgan fingerprint density at radius 1 is 1.21 bits per heavy atom. The van der Waals surface area contributed by atoms with E-state index < -0.39 is 0 Å². The summed E-state index contributed by atoms with van der Waals surface area (Å²) >= 11 is 0. The minimum absolute atomic E-state index is 0.131. The van der Waals surface area contributed by atoms with Gasteiger partial charge in [-0.05, 0) is 45.9 Å². The summed E-state index contributed by atoms with van der Waals surface area (Å²) in [6.07, 6.45) is 0. The van der Waals surface area contributed by atoms with E-state index in [1.807, 2.05) is 0 Å². The van der Waals surface area contributed by atoms with Gasteiger partial charge in [-0.1, -0.05) is 19.9 Å². The van der Waals surface area contributed by atoms with Crippen LogP contribution in [0.15, 0.2) is 18.2 Å². The molecule has 0 aliphatic rings. The van der Waals surface area contributed by atoms with Crippen molar-refractivity contribution in [1.82, 2.24) is 15.2 Å². The van der Waals surface area contributed by atoms with Crippen molar-refractivity contribution < 1.29 is 0 Å². The molecule has 0 amide bonds. The number of hydrogen-bond acceptors (Lipinski definition) is 3. The molecule has 0 saturated carbocycles. The highest BCUT2D eigenvalue weighted by molar-refractivity contribution is 5.11. The number of aromatic nitrogens is 1. The highest BCUT2D eigenvalue weighted by Gasteiger charge is 2.09. The monoisotopic (exact) mass is 263 g/mol. The molecule has 1 N–H and O–H groups in total. The molecule has 0 aliphatic carbocycles. The third-order valence-corrected chi connectivity index (χ3v) is 2.77. The molecule has 1 rings (SSSR count). The van der Waals surface area contributed by atoms with Gasteiger partial charge in [0.05, 0.1) is 11.4 Å². The minimum Gasteiger partial charge on any atom is -0.306 e. The molecule has 0 unspecified atom stereocenters. The summed E-state index contributed by atoms with van der Waals surface area (Å²) in [4.78, 5) is 7.05. The Morgan fingerprint density at radius 2 is 1.84 bits per heavy atom. The number of hydrogen-bond donors (Lipinski definition) is 1. The van der Waals surface area contributed by atoms with Crippen LogP contribution >= 0.6 is 0 Å². The van der Waals surface area contributed by atoms with E-state index in [2.05, 4.69) is 70.1 Å².